The Morgan fingerprint density at radius 1 is 1.41 bits per heavy atom. The molecule has 0 radical (unpaired) electrons. The normalized spacial score (nSPS) is 13.6. The van der Waals surface area contributed by atoms with Crippen LogP contribution in [0.3, 0.4) is 0 Å². The first-order valence-corrected chi connectivity index (χ1v) is 6.00. The number of ether oxygens (including phenoxy) is 3. The number of hydrogen-bond acceptors (Lipinski definition) is 4. The second-order valence-electron chi connectivity index (χ2n) is 3.80. The molecule has 0 unspecified atom stereocenters. The third kappa shape index (κ3) is 2.42. The van der Waals surface area contributed by atoms with Crippen LogP contribution >= 0.6 is 11.6 Å². The molecule has 0 saturated heterocycles. The fraction of sp³-hybridized carbons (Fsp3) is 0.500. The molecule has 2 N–H and O–H groups in total. The standard InChI is InChI=1S/C12H16ClNO3/c1-15-11-8(3-2-4-14)7-9-12(10(11)13)17-6-5-16-9/h7H,2-6,14H2,1H3. The molecule has 4 nitrogen and oxygen atoms in total. The Hall–Kier alpha value is -1.13. The molecule has 0 atom stereocenters. The quantitative estimate of drug-likeness (QED) is 0.897. The molecule has 0 bridgehead atoms. The van der Waals surface area contributed by atoms with Crippen molar-refractivity contribution in [3.63, 3.8) is 0 Å². The first kappa shape index (κ1) is 12.3. The second-order valence-corrected chi connectivity index (χ2v) is 4.18. The maximum Gasteiger partial charge on any atom is 0.183 e. The van der Waals surface area contributed by atoms with Gasteiger partial charge in [-0.2, -0.15) is 0 Å². The highest BCUT2D eigenvalue weighted by molar-refractivity contribution is 6.34. The summed E-state index contributed by atoms with van der Waals surface area (Å²) in [4.78, 5) is 0. The van der Waals surface area contributed by atoms with Gasteiger partial charge in [0.25, 0.3) is 0 Å². The van der Waals surface area contributed by atoms with Crippen LogP contribution in [0.5, 0.6) is 17.2 Å². The van der Waals surface area contributed by atoms with Crippen molar-refractivity contribution >= 4 is 11.6 Å². The highest BCUT2D eigenvalue weighted by atomic mass is 35.5. The highest BCUT2D eigenvalue weighted by Gasteiger charge is 2.22. The molecular weight excluding hydrogens is 242 g/mol. The Kier molecular flexibility index (Phi) is 3.97. The van der Waals surface area contributed by atoms with Crippen molar-refractivity contribution in [1.82, 2.24) is 0 Å². The predicted molar refractivity (Wildman–Crippen MR) is 66.4 cm³/mol. The number of benzene rings is 1. The van der Waals surface area contributed by atoms with Gasteiger partial charge in [0.05, 0.1) is 7.11 Å². The lowest BCUT2D eigenvalue weighted by molar-refractivity contribution is 0.170. The Morgan fingerprint density at radius 3 is 2.88 bits per heavy atom. The largest absolute Gasteiger partial charge is 0.495 e. The van der Waals surface area contributed by atoms with Crippen molar-refractivity contribution in [3.8, 4) is 17.2 Å². The van der Waals surface area contributed by atoms with E-state index < -0.39 is 0 Å². The summed E-state index contributed by atoms with van der Waals surface area (Å²) in [5, 5.41) is 0.483. The number of halogens is 1. The van der Waals surface area contributed by atoms with Gasteiger partial charge in [0.2, 0.25) is 0 Å². The van der Waals surface area contributed by atoms with Crippen molar-refractivity contribution in [1.29, 1.82) is 0 Å². The molecular formula is C12H16ClNO3. The van der Waals surface area contributed by atoms with Crippen molar-refractivity contribution in [2.24, 2.45) is 5.73 Å². The summed E-state index contributed by atoms with van der Waals surface area (Å²) in [7, 11) is 1.60. The first-order chi connectivity index (χ1) is 8.27. The monoisotopic (exact) mass is 257 g/mol. The van der Waals surface area contributed by atoms with Gasteiger partial charge in [-0.1, -0.05) is 11.6 Å². The fourth-order valence-corrected chi connectivity index (χ4v) is 2.22. The van der Waals surface area contributed by atoms with Gasteiger partial charge in [0.1, 0.15) is 24.0 Å². The number of nitrogens with two attached hydrogens (primary N) is 1. The predicted octanol–water partition coefficient (Wildman–Crippen LogP) is 2.01. The van der Waals surface area contributed by atoms with E-state index in [1.54, 1.807) is 7.11 Å². The third-order valence-corrected chi connectivity index (χ3v) is 3.00. The second kappa shape index (κ2) is 5.47. The molecule has 5 heteroatoms. The van der Waals surface area contributed by atoms with Crippen LogP contribution in [0.4, 0.5) is 0 Å². The number of rotatable bonds is 4. The lowest BCUT2D eigenvalue weighted by Crippen LogP contribution is -2.16. The van der Waals surface area contributed by atoms with Gasteiger partial charge in [-0.3, -0.25) is 0 Å². The van der Waals surface area contributed by atoms with Gasteiger partial charge in [-0.25, -0.2) is 0 Å². The van der Waals surface area contributed by atoms with Crippen LogP contribution in [0.2, 0.25) is 5.02 Å². The summed E-state index contributed by atoms with van der Waals surface area (Å²) in [6.45, 7) is 1.69. The number of methoxy groups -OCH3 is 1. The molecule has 1 aliphatic rings. The maximum absolute atomic E-state index is 6.25. The average Bonchev–Trinajstić information content (AvgIpc) is 2.36. The van der Waals surface area contributed by atoms with Crippen LogP contribution < -0.4 is 19.9 Å². The summed E-state index contributed by atoms with van der Waals surface area (Å²) in [5.74, 6) is 1.92. The molecule has 1 heterocycles. The zero-order chi connectivity index (χ0) is 12.3. The Labute approximate surface area is 106 Å². The zero-order valence-electron chi connectivity index (χ0n) is 9.79. The van der Waals surface area contributed by atoms with Gasteiger partial charge in [0, 0.05) is 0 Å². The van der Waals surface area contributed by atoms with Crippen molar-refractivity contribution in [2.45, 2.75) is 12.8 Å². The Balaban J connectivity index is 2.40. The van der Waals surface area contributed by atoms with Crippen LogP contribution in [0.15, 0.2) is 6.07 Å². The molecule has 0 fully saturated rings. The molecule has 0 spiro atoms. The summed E-state index contributed by atoms with van der Waals surface area (Å²) < 4.78 is 16.4. The van der Waals surface area contributed by atoms with Crippen molar-refractivity contribution < 1.29 is 14.2 Å². The van der Waals surface area contributed by atoms with E-state index in [0.29, 0.717) is 42.0 Å². The number of hydrogen-bond donors (Lipinski definition) is 1. The van der Waals surface area contributed by atoms with Gasteiger partial charge in [0.15, 0.2) is 11.5 Å². The summed E-state index contributed by atoms with van der Waals surface area (Å²) >= 11 is 6.25. The van der Waals surface area contributed by atoms with Crippen LogP contribution in [0.1, 0.15) is 12.0 Å². The highest BCUT2D eigenvalue weighted by Crippen LogP contribution is 2.45. The third-order valence-electron chi connectivity index (χ3n) is 2.66. The minimum absolute atomic E-state index is 0.483. The Bertz CT molecular complexity index is 409. The van der Waals surface area contributed by atoms with Gasteiger partial charge >= 0.3 is 0 Å². The maximum atomic E-state index is 6.25. The Morgan fingerprint density at radius 2 is 2.18 bits per heavy atom. The average molecular weight is 258 g/mol. The van der Waals surface area contributed by atoms with Crippen molar-refractivity contribution in [2.75, 3.05) is 26.9 Å². The smallest absolute Gasteiger partial charge is 0.183 e. The fourth-order valence-electron chi connectivity index (χ4n) is 1.88. The summed E-state index contributed by atoms with van der Waals surface area (Å²) in [5.41, 5.74) is 6.52. The zero-order valence-corrected chi connectivity index (χ0v) is 10.5. The SMILES string of the molecule is COc1c(CCCN)cc2c(c1Cl)OCCO2. The molecule has 17 heavy (non-hydrogen) atoms. The van der Waals surface area contributed by atoms with Gasteiger partial charge < -0.3 is 19.9 Å². The molecule has 1 aliphatic heterocycles. The lowest BCUT2D eigenvalue weighted by atomic mass is 10.1. The topological polar surface area (TPSA) is 53.7 Å². The van der Waals surface area contributed by atoms with E-state index in [4.69, 9.17) is 31.5 Å². The minimum Gasteiger partial charge on any atom is -0.495 e. The van der Waals surface area contributed by atoms with Crippen LogP contribution in [-0.4, -0.2) is 26.9 Å². The number of aryl methyl sites for hydroxylation is 1. The van der Waals surface area contributed by atoms with E-state index in [1.807, 2.05) is 6.07 Å². The minimum atomic E-state index is 0.483. The molecule has 0 amide bonds. The van der Waals surface area contributed by atoms with Crippen LogP contribution in [0.25, 0.3) is 0 Å². The van der Waals surface area contributed by atoms with E-state index in [0.717, 1.165) is 18.4 Å². The van der Waals surface area contributed by atoms with Gasteiger partial charge in [-0.05, 0) is 31.0 Å². The molecule has 0 aromatic heterocycles. The molecule has 0 saturated carbocycles. The number of fused-ring (bicyclic) bond motifs is 1. The van der Waals surface area contributed by atoms with E-state index in [-0.39, 0.29) is 0 Å². The van der Waals surface area contributed by atoms with Crippen LogP contribution in [0, 0.1) is 0 Å². The van der Waals surface area contributed by atoms with E-state index in [1.165, 1.54) is 0 Å². The summed E-state index contributed by atoms with van der Waals surface area (Å²) in [6, 6.07) is 1.93. The molecule has 94 valence electrons. The molecule has 2 rings (SSSR count). The lowest BCUT2D eigenvalue weighted by Gasteiger charge is -2.22. The van der Waals surface area contributed by atoms with Gasteiger partial charge in [-0.15, -0.1) is 0 Å². The van der Waals surface area contributed by atoms with E-state index in [2.05, 4.69) is 0 Å². The first-order valence-electron chi connectivity index (χ1n) is 5.63. The van der Waals surface area contributed by atoms with Crippen molar-refractivity contribution in [3.05, 3.63) is 16.7 Å². The molecule has 1 aromatic carbocycles. The van der Waals surface area contributed by atoms with E-state index in [9.17, 15) is 0 Å². The summed E-state index contributed by atoms with van der Waals surface area (Å²) in [6.07, 6.45) is 1.70. The molecule has 1 aromatic rings. The molecule has 0 aliphatic carbocycles. The van der Waals surface area contributed by atoms with Crippen LogP contribution in [-0.2, 0) is 6.42 Å². The van der Waals surface area contributed by atoms with E-state index >= 15 is 0 Å².